The second-order valence-electron chi connectivity index (χ2n) is 4.22. The minimum atomic E-state index is -1.84. The van der Waals surface area contributed by atoms with E-state index in [0.29, 0.717) is 0 Å². The van der Waals surface area contributed by atoms with E-state index in [1.54, 1.807) is 13.8 Å². The van der Waals surface area contributed by atoms with Crippen molar-refractivity contribution in [1.29, 1.82) is 0 Å². The molecule has 2 unspecified atom stereocenters. The van der Waals surface area contributed by atoms with E-state index in [0.717, 1.165) is 0 Å². The zero-order valence-electron chi connectivity index (χ0n) is 12.2. The predicted octanol–water partition coefficient (Wildman–Crippen LogP) is 0.381. The summed E-state index contributed by atoms with van der Waals surface area (Å²) in [4.78, 5) is 33.4. The van der Waals surface area contributed by atoms with E-state index in [2.05, 4.69) is 10.6 Å². The molecular weight excluding hydrogens is 311 g/mol. The Kier molecular flexibility index (Phi) is 8.98. The van der Waals surface area contributed by atoms with Gasteiger partial charge in [-0.1, -0.05) is 0 Å². The summed E-state index contributed by atoms with van der Waals surface area (Å²) in [5.41, 5.74) is 0. The Hall–Kier alpha value is -1.28. The zero-order chi connectivity index (χ0) is 15.7. The van der Waals surface area contributed by atoms with Crippen molar-refractivity contribution in [2.75, 3.05) is 14.1 Å². The van der Waals surface area contributed by atoms with Gasteiger partial charge in [0.15, 0.2) is 0 Å². The summed E-state index contributed by atoms with van der Waals surface area (Å²) in [6.45, 7) is 3.24. The molecule has 0 saturated heterocycles. The van der Waals surface area contributed by atoms with Gasteiger partial charge in [0.25, 0.3) is 0 Å². The number of esters is 1. The van der Waals surface area contributed by atoms with Crippen molar-refractivity contribution in [1.82, 2.24) is 10.6 Å². The van der Waals surface area contributed by atoms with E-state index in [9.17, 15) is 18.2 Å². The van der Waals surface area contributed by atoms with Crippen molar-refractivity contribution in [3.8, 4) is 0 Å². The summed E-state index contributed by atoms with van der Waals surface area (Å²) in [6, 6.07) is 0. The second-order valence-corrected chi connectivity index (χ2v) is 6.59. The molecule has 2 N–H and O–H groups in total. The fraction of sp³-hybridized carbons (Fsp3) is 0.750. The SMILES string of the molecule is CNC(=O)CC(C)OC(=O)[CH2][Co](=[O])[CH](C)CC(=O)NC. The first-order chi connectivity index (χ1) is 9.29. The van der Waals surface area contributed by atoms with E-state index >= 15 is 0 Å². The molecule has 0 aromatic carbocycles. The number of hydrogen-bond donors (Lipinski definition) is 2. The Morgan fingerprint density at radius 3 is 2.05 bits per heavy atom. The fourth-order valence-electron chi connectivity index (χ4n) is 1.29. The van der Waals surface area contributed by atoms with Crippen molar-refractivity contribution in [3.63, 3.8) is 0 Å². The van der Waals surface area contributed by atoms with Gasteiger partial charge in [0.1, 0.15) is 0 Å². The van der Waals surface area contributed by atoms with Gasteiger partial charge in [-0.3, -0.25) is 0 Å². The van der Waals surface area contributed by atoms with Crippen LogP contribution in [0.4, 0.5) is 0 Å². The Balaban J connectivity index is 4.16. The molecule has 20 heavy (non-hydrogen) atoms. The Morgan fingerprint density at radius 2 is 1.55 bits per heavy atom. The molecule has 0 spiro atoms. The van der Waals surface area contributed by atoms with Crippen LogP contribution in [0.15, 0.2) is 0 Å². The molecule has 7 nitrogen and oxygen atoms in total. The summed E-state index contributed by atoms with van der Waals surface area (Å²) < 4.78 is 16.8. The molecule has 0 aliphatic carbocycles. The van der Waals surface area contributed by atoms with Crippen LogP contribution < -0.4 is 10.6 Å². The summed E-state index contributed by atoms with van der Waals surface area (Å²) in [6.07, 6.45) is -0.405. The molecule has 0 aliphatic rings. The number of ether oxygens (including phenoxy) is 1. The molecular formula is C12H22CoN2O5. The molecule has 0 rings (SSSR count). The van der Waals surface area contributed by atoms with Crippen molar-refractivity contribution in [3.05, 3.63) is 0 Å². The van der Waals surface area contributed by atoms with Crippen LogP contribution in [0.2, 0.25) is 10.2 Å². The molecule has 0 aromatic rings. The van der Waals surface area contributed by atoms with Crippen molar-refractivity contribution >= 4 is 17.8 Å². The number of hydrogen-bond acceptors (Lipinski definition) is 5. The third-order valence-electron chi connectivity index (χ3n) is 2.40. The summed E-state index contributed by atoms with van der Waals surface area (Å²) in [7, 11) is 2.99. The van der Waals surface area contributed by atoms with Crippen LogP contribution in [0.3, 0.4) is 0 Å². The first-order valence-electron chi connectivity index (χ1n) is 6.15. The third kappa shape index (κ3) is 8.00. The van der Waals surface area contributed by atoms with E-state index in [-0.39, 0.29) is 30.0 Å². The summed E-state index contributed by atoms with van der Waals surface area (Å²) in [5, 5.41) is 4.61. The van der Waals surface area contributed by atoms with Gasteiger partial charge in [-0.05, 0) is 0 Å². The fourth-order valence-corrected chi connectivity index (χ4v) is 2.47. The Labute approximate surface area is 122 Å². The van der Waals surface area contributed by atoms with Crippen LogP contribution in [0.5, 0.6) is 0 Å². The maximum absolute atomic E-state index is 11.9. The molecule has 8 heteroatoms. The monoisotopic (exact) mass is 333 g/mol. The topological polar surface area (TPSA) is 102 Å². The molecule has 0 radical (unpaired) electrons. The van der Waals surface area contributed by atoms with Gasteiger partial charge in [-0.2, -0.15) is 0 Å². The van der Waals surface area contributed by atoms with Crippen LogP contribution in [0.1, 0.15) is 26.7 Å². The molecule has 0 aliphatic heterocycles. The van der Waals surface area contributed by atoms with Crippen LogP contribution in [0.25, 0.3) is 0 Å². The maximum atomic E-state index is 11.9. The van der Waals surface area contributed by atoms with E-state index in [1.807, 2.05) is 0 Å². The van der Waals surface area contributed by atoms with Crippen LogP contribution in [-0.4, -0.2) is 38.0 Å². The molecule has 0 saturated carbocycles. The number of carbonyl (C=O) groups is 3. The Bertz CT molecular complexity index is 386. The first-order valence-corrected chi connectivity index (χ1v) is 7.91. The van der Waals surface area contributed by atoms with E-state index in [4.69, 9.17) is 4.74 Å². The summed E-state index contributed by atoms with van der Waals surface area (Å²) >= 11 is -1.84. The van der Waals surface area contributed by atoms with E-state index < -0.39 is 30.5 Å². The number of nitrogens with one attached hydrogen (secondary N) is 2. The molecule has 0 heterocycles. The van der Waals surface area contributed by atoms with Gasteiger partial charge in [0.2, 0.25) is 0 Å². The standard InChI is InChI=1S/C7H12NO3.C5H10NO.Co.O/c1-5(11-6(2)9)4-7(10)8-3;1-3-4-5(7)6-2;;/h5H,2,4H2,1,3H3,(H,8,10);3H,4H2,1-2H3,(H,6,7);;. The van der Waals surface area contributed by atoms with Gasteiger partial charge in [0, 0.05) is 0 Å². The average Bonchev–Trinajstić information content (AvgIpc) is 2.37. The van der Waals surface area contributed by atoms with Crippen LogP contribution >= 0.6 is 0 Å². The molecule has 2 amide bonds. The molecule has 119 valence electrons. The quantitative estimate of drug-likeness (QED) is 0.625. The van der Waals surface area contributed by atoms with Gasteiger partial charge >= 0.3 is 122 Å². The van der Waals surface area contributed by atoms with E-state index in [1.165, 1.54) is 14.1 Å². The second kappa shape index (κ2) is 9.59. The number of rotatable bonds is 8. The molecule has 0 fully saturated rings. The normalized spacial score (nSPS) is 13.9. The zero-order valence-corrected chi connectivity index (χ0v) is 13.2. The van der Waals surface area contributed by atoms with Gasteiger partial charge < -0.3 is 0 Å². The van der Waals surface area contributed by atoms with Crippen LogP contribution in [-0.2, 0) is 36.6 Å². The number of amides is 2. The van der Waals surface area contributed by atoms with Crippen molar-refractivity contribution < 1.29 is 36.6 Å². The van der Waals surface area contributed by atoms with Crippen molar-refractivity contribution in [2.45, 2.75) is 43.0 Å². The first kappa shape index (κ1) is 18.7. The van der Waals surface area contributed by atoms with Gasteiger partial charge in [-0.25, -0.2) is 0 Å². The Morgan fingerprint density at radius 1 is 1.05 bits per heavy atom. The third-order valence-corrected chi connectivity index (χ3v) is 4.42. The minimum absolute atomic E-state index is 0.0621. The molecule has 0 bridgehead atoms. The number of carbonyl (C=O) groups excluding carboxylic acids is 3. The average molecular weight is 333 g/mol. The van der Waals surface area contributed by atoms with Gasteiger partial charge in [0.05, 0.1) is 0 Å². The van der Waals surface area contributed by atoms with Crippen LogP contribution in [0, 0.1) is 0 Å². The molecule has 2 atom stereocenters. The van der Waals surface area contributed by atoms with Gasteiger partial charge in [-0.15, -0.1) is 0 Å². The predicted molar refractivity (Wildman–Crippen MR) is 67.8 cm³/mol. The molecule has 0 aromatic heterocycles. The summed E-state index contributed by atoms with van der Waals surface area (Å²) in [5.74, 6) is -1.07. The van der Waals surface area contributed by atoms with Crippen molar-refractivity contribution in [2.24, 2.45) is 0 Å².